The maximum absolute atomic E-state index is 12.1. The lowest BCUT2D eigenvalue weighted by atomic mass is 10.00. The molecule has 0 unspecified atom stereocenters. The Morgan fingerprint density at radius 3 is 2.06 bits per heavy atom. The van der Waals surface area contributed by atoms with Crippen molar-refractivity contribution in [2.45, 2.75) is 12.8 Å². The van der Waals surface area contributed by atoms with E-state index in [0.29, 0.717) is 12.5 Å². The van der Waals surface area contributed by atoms with E-state index in [2.05, 4.69) is 5.32 Å². The largest absolute Gasteiger partial charge is 0.399 e. The Hall–Kier alpha value is -1.20. The highest BCUT2D eigenvalue weighted by molar-refractivity contribution is 5.37. The Kier molecular flexibility index (Phi) is 5.86. The first-order valence-electron chi connectivity index (χ1n) is 5.65. The molecule has 2 rings (SSSR count). The predicted octanol–water partition coefficient (Wildman–Crippen LogP) is 1.53. The molecule has 1 heterocycles. The number of aliphatic hydroxyl groups excluding tert-OH is 1. The number of anilines is 1. The summed E-state index contributed by atoms with van der Waals surface area (Å²) < 4.78 is 24.2. The van der Waals surface area contributed by atoms with E-state index in [1.54, 1.807) is 0 Å². The summed E-state index contributed by atoms with van der Waals surface area (Å²) in [6, 6.07) is 2.89. The van der Waals surface area contributed by atoms with Crippen LogP contribution in [0.25, 0.3) is 0 Å². The van der Waals surface area contributed by atoms with Crippen molar-refractivity contribution in [3.8, 4) is 0 Å². The lowest BCUT2D eigenvalue weighted by Gasteiger charge is -2.19. The highest BCUT2D eigenvalue weighted by Crippen LogP contribution is 2.09. The molecule has 0 spiro atoms. The SMILES string of the molecule is Nc1cc(F)cc(F)c1.OCC1CCNCC1. The third-order valence-electron chi connectivity index (χ3n) is 2.60. The molecule has 5 heteroatoms. The van der Waals surface area contributed by atoms with E-state index in [0.717, 1.165) is 44.1 Å². The van der Waals surface area contributed by atoms with Crippen molar-refractivity contribution in [2.75, 3.05) is 25.4 Å². The van der Waals surface area contributed by atoms with Crippen LogP contribution in [0.5, 0.6) is 0 Å². The first kappa shape index (κ1) is 13.9. The molecule has 0 aliphatic carbocycles. The smallest absolute Gasteiger partial charge is 0.128 e. The molecule has 0 amide bonds. The van der Waals surface area contributed by atoms with E-state index in [-0.39, 0.29) is 5.69 Å². The van der Waals surface area contributed by atoms with E-state index in [9.17, 15) is 8.78 Å². The van der Waals surface area contributed by atoms with Crippen molar-refractivity contribution in [3.63, 3.8) is 0 Å². The van der Waals surface area contributed by atoms with Crippen LogP contribution < -0.4 is 11.1 Å². The lowest BCUT2D eigenvalue weighted by Crippen LogP contribution is -2.29. The van der Waals surface area contributed by atoms with Gasteiger partial charge in [0.2, 0.25) is 0 Å². The molecular weight excluding hydrogens is 226 g/mol. The summed E-state index contributed by atoms with van der Waals surface area (Å²) in [7, 11) is 0. The van der Waals surface area contributed by atoms with Gasteiger partial charge in [-0.15, -0.1) is 0 Å². The van der Waals surface area contributed by atoms with Gasteiger partial charge in [-0.2, -0.15) is 0 Å². The summed E-state index contributed by atoms with van der Waals surface area (Å²) in [4.78, 5) is 0. The first-order chi connectivity index (χ1) is 8.11. The normalized spacial score (nSPS) is 16.2. The summed E-state index contributed by atoms with van der Waals surface area (Å²) in [5.41, 5.74) is 5.18. The molecule has 1 aliphatic heterocycles. The van der Waals surface area contributed by atoms with Crippen molar-refractivity contribution < 1.29 is 13.9 Å². The number of hydrogen-bond acceptors (Lipinski definition) is 3. The van der Waals surface area contributed by atoms with Crippen LogP contribution in [0.1, 0.15) is 12.8 Å². The van der Waals surface area contributed by atoms with Gasteiger partial charge in [-0.25, -0.2) is 8.78 Å². The molecule has 0 saturated carbocycles. The monoisotopic (exact) mass is 244 g/mol. The Balaban J connectivity index is 0.000000171. The number of benzene rings is 1. The van der Waals surface area contributed by atoms with Crippen molar-refractivity contribution >= 4 is 5.69 Å². The third-order valence-corrected chi connectivity index (χ3v) is 2.60. The first-order valence-corrected chi connectivity index (χ1v) is 5.65. The second-order valence-corrected chi connectivity index (χ2v) is 4.08. The summed E-state index contributed by atoms with van der Waals surface area (Å²) in [5, 5.41) is 11.9. The minimum absolute atomic E-state index is 0.104. The highest BCUT2D eigenvalue weighted by Gasteiger charge is 2.10. The summed E-state index contributed by atoms with van der Waals surface area (Å²) >= 11 is 0. The van der Waals surface area contributed by atoms with Gasteiger partial charge in [0.1, 0.15) is 11.6 Å². The van der Waals surface area contributed by atoms with Crippen LogP contribution in [0.3, 0.4) is 0 Å². The number of aliphatic hydroxyl groups is 1. The fourth-order valence-electron chi connectivity index (χ4n) is 1.64. The lowest BCUT2D eigenvalue weighted by molar-refractivity contribution is 0.196. The highest BCUT2D eigenvalue weighted by atomic mass is 19.1. The molecule has 1 aromatic carbocycles. The summed E-state index contributed by atoms with van der Waals surface area (Å²) in [6.07, 6.45) is 2.30. The Labute approximate surface area is 99.6 Å². The minimum atomic E-state index is -0.646. The average Bonchev–Trinajstić information content (AvgIpc) is 2.29. The van der Waals surface area contributed by atoms with Crippen molar-refractivity contribution in [1.29, 1.82) is 0 Å². The van der Waals surface area contributed by atoms with Crippen molar-refractivity contribution in [2.24, 2.45) is 5.92 Å². The molecular formula is C12H18F2N2O. The topological polar surface area (TPSA) is 58.3 Å². The molecule has 1 fully saturated rings. The maximum atomic E-state index is 12.1. The van der Waals surface area contributed by atoms with Gasteiger partial charge in [0, 0.05) is 18.4 Å². The Bertz CT molecular complexity index is 291. The van der Waals surface area contributed by atoms with E-state index in [1.807, 2.05) is 0 Å². The molecule has 4 N–H and O–H groups in total. The second kappa shape index (κ2) is 7.19. The van der Waals surface area contributed by atoms with E-state index < -0.39 is 11.6 Å². The molecule has 3 nitrogen and oxygen atoms in total. The van der Waals surface area contributed by atoms with Gasteiger partial charge < -0.3 is 16.2 Å². The number of nitrogen functional groups attached to an aromatic ring is 1. The van der Waals surface area contributed by atoms with E-state index in [4.69, 9.17) is 10.8 Å². The van der Waals surface area contributed by atoms with Crippen LogP contribution in [0, 0.1) is 17.6 Å². The summed E-state index contributed by atoms with van der Waals surface area (Å²) in [5.74, 6) is -0.712. The standard InChI is InChI=1S/C6H5F2N.C6H13NO/c7-4-1-5(8)3-6(9)2-4;8-5-6-1-3-7-4-2-6/h1-3H,9H2;6-8H,1-5H2. The number of piperidine rings is 1. The number of halogens is 2. The zero-order valence-electron chi connectivity index (χ0n) is 9.63. The minimum Gasteiger partial charge on any atom is -0.399 e. The zero-order chi connectivity index (χ0) is 12.7. The quantitative estimate of drug-likeness (QED) is 0.656. The number of hydrogen-bond donors (Lipinski definition) is 3. The second-order valence-electron chi connectivity index (χ2n) is 4.08. The van der Waals surface area contributed by atoms with Crippen LogP contribution >= 0.6 is 0 Å². The van der Waals surface area contributed by atoms with E-state index in [1.165, 1.54) is 0 Å². The van der Waals surface area contributed by atoms with Crippen LogP contribution in [-0.2, 0) is 0 Å². The zero-order valence-corrected chi connectivity index (χ0v) is 9.63. The van der Waals surface area contributed by atoms with Gasteiger partial charge in [-0.1, -0.05) is 0 Å². The summed E-state index contributed by atoms with van der Waals surface area (Å²) in [6.45, 7) is 2.55. The number of nitrogens with two attached hydrogens (primary N) is 1. The fourth-order valence-corrected chi connectivity index (χ4v) is 1.64. The molecule has 96 valence electrons. The van der Waals surface area contributed by atoms with Crippen LogP contribution in [0.4, 0.5) is 14.5 Å². The van der Waals surface area contributed by atoms with Gasteiger partial charge in [-0.3, -0.25) is 0 Å². The molecule has 0 aromatic heterocycles. The molecule has 1 aromatic rings. The predicted molar refractivity (Wildman–Crippen MR) is 63.4 cm³/mol. The van der Waals surface area contributed by atoms with Crippen molar-refractivity contribution in [1.82, 2.24) is 5.32 Å². The van der Waals surface area contributed by atoms with Crippen LogP contribution in [0.2, 0.25) is 0 Å². The molecule has 17 heavy (non-hydrogen) atoms. The fraction of sp³-hybridized carbons (Fsp3) is 0.500. The number of nitrogens with one attached hydrogen (secondary N) is 1. The van der Waals surface area contributed by atoms with E-state index >= 15 is 0 Å². The molecule has 0 bridgehead atoms. The molecule has 0 radical (unpaired) electrons. The van der Waals surface area contributed by atoms with Gasteiger partial charge in [0.05, 0.1) is 0 Å². The molecule has 1 aliphatic rings. The van der Waals surface area contributed by atoms with Gasteiger partial charge in [0.15, 0.2) is 0 Å². The van der Waals surface area contributed by atoms with Gasteiger partial charge >= 0.3 is 0 Å². The molecule has 1 saturated heterocycles. The Morgan fingerprint density at radius 2 is 1.71 bits per heavy atom. The maximum Gasteiger partial charge on any atom is 0.128 e. The molecule has 0 atom stereocenters. The number of rotatable bonds is 1. The van der Waals surface area contributed by atoms with Gasteiger partial charge in [0.25, 0.3) is 0 Å². The third kappa shape index (κ3) is 5.60. The van der Waals surface area contributed by atoms with Crippen LogP contribution in [-0.4, -0.2) is 24.8 Å². The average molecular weight is 244 g/mol. The van der Waals surface area contributed by atoms with Gasteiger partial charge in [-0.05, 0) is 44.0 Å². The van der Waals surface area contributed by atoms with Crippen molar-refractivity contribution in [3.05, 3.63) is 29.8 Å². The Morgan fingerprint density at radius 1 is 1.18 bits per heavy atom. The van der Waals surface area contributed by atoms with Crippen LogP contribution in [0.15, 0.2) is 18.2 Å².